The van der Waals surface area contributed by atoms with Crippen molar-refractivity contribution in [3.63, 3.8) is 0 Å². The number of pyridine rings is 1. The Hall–Kier alpha value is -4.01. The quantitative estimate of drug-likeness (QED) is 0.530. The van der Waals surface area contributed by atoms with Crippen LogP contribution in [0.3, 0.4) is 0 Å². The molecule has 0 aliphatic carbocycles. The topological polar surface area (TPSA) is 134 Å². The summed E-state index contributed by atoms with van der Waals surface area (Å²) in [5.41, 5.74) is 8.45. The summed E-state index contributed by atoms with van der Waals surface area (Å²) < 4.78 is 65.1. The van der Waals surface area contributed by atoms with Gasteiger partial charge in [0.25, 0.3) is 0 Å². The van der Waals surface area contributed by atoms with Crippen molar-refractivity contribution >= 4 is 34.8 Å². The van der Waals surface area contributed by atoms with Gasteiger partial charge < -0.3 is 11.1 Å². The number of aliphatic imine (C=N–C) groups is 2. The Morgan fingerprint density at radius 3 is 2.67 bits per heavy atom. The molecule has 0 saturated carbocycles. The summed E-state index contributed by atoms with van der Waals surface area (Å²) in [4.78, 5) is 34.1. The van der Waals surface area contributed by atoms with Crippen LogP contribution in [0, 0.1) is 0 Å². The fourth-order valence-corrected chi connectivity index (χ4v) is 4.14. The molecule has 0 spiro atoms. The van der Waals surface area contributed by atoms with Crippen molar-refractivity contribution in [3.8, 4) is 0 Å². The van der Waals surface area contributed by atoms with Crippen LogP contribution in [0.2, 0.25) is 0 Å². The fraction of sp³-hybridized carbons (Fsp3) is 0.333. The SMILES string of the molecule is CC1(c2ccccn2)C(=O)Nc2nc(C3=CN4NCN=C4C(CCC(F)(F)C(F)(F)F)=N3)nc(N)c21. The zero-order valence-corrected chi connectivity index (χ0v) is 18.6. The van der Waals surface area contributed by atoms with Crippen LogP contribution >= 0.6 is 0 Å². The van der Waals surface area contributed by atoms with Gasteiger partial charge in [-0.05, 0) is 25.5 Å². The Morgan fingerprint density at radius 1 is 1.19 bits per heavy atom. The molecule has 3 aliphatic heterocycles. The van der Waals surface area contributed by atoms with Crippen molar-refractivity contribution in [3.05, 3.63) is 47.7 Å². The lowest BCUT2D eigenvalue weighted by Crippen LogP contribution is -2.41. The molecule has 1 atom stereocenters. The number of hydrogen-bond donors (Lipinski definition) is 3. The Balaban J connectivity index is 1.51. The second kappa shape index (κ2) is 8.01. The summed E-state index contributed by atoms with van der Waals surface area (Å²) in [5.74, 6) is -5.21. The third kappa shape index (κ3) is 3.66. The van der Waals surface area contributed by atoms with Gasteiger partial charge in [-0.2, -0.15) is 22.0 Å². The van der Waals surface area contributed by atoms with E-state index in [-0.39, 0.29) is 41.4 Å². The van der Waals surface area contributed by atoms with Crippen LogP contribution in [-0.4, -0.2) is 56.2 Å². The van der Waals surface area contributed by atoms with E-state index in [1.807, 2.05) is 0 Å². The Morgan fingerprint density at radius 2 is 1.97 bits per heavy atom. The predicted octanol–water partition coefficient (Wildman–Crippen LogP) is 2.62. The molecule has 2 aromatic rings. The lowest BCUT2D eigenvalue weighted by molar-refractivity contribution is -0.283. The van der Waals surface area contributed by atoms with E-state index in [1.54, 1.807) is 25.1 Å². The van der Waals surface area contributed by atoms with Gasteiger partial charge in [-0.25, -0.2) is 25.4 Å². The number of amidine groups is 1. The van der Waals surface area contributed by atoms with E-state index in [0.717, 1.165) is 0 Å². The molecule has 2 aromatic heterocycles. The number of nitrogens with one attached hydrogen (secondary N) is 2. The highest BCUT2D eigenvalue weighted by molar-refractivity contribution is 6.43. The Bertz CT molecular complexity index is 1340. The van der Waals surface area contributed by atoms with E-state index in [1.165, 1.54) is 17.4 Å². The van der Waals surface area contributed by atoms with Crippen molar-refractivity contribution in [2.45, 2.75) is 37.3 Å². The van der Waals surface area contributed by atoms with E-state index in [9.17, 15) is 26.7 Å². The summed E-state index contributed by atoms with van der Waals surface area (Å²) >= 11 is 0. The van der Waals surface area contributed by atoms with E-state index in [0.29, 0.717) is 11.3 Å². The lowest BCUT2D eigenvalue weighted by atomic mass is 9.81. The molecule has 3 aliphatic rings. The van der Waals surface area contributed by atoms with Gasteiger partial charge in [0, 0.05) is 12.6 Å². The molecule has 15 heteroatoms. The number of fused-ring (bicyclic) bond motifs is 2. The normalized spacial score (nSPS) is 21.4. The zero-order chi connectivity index (χ0) is 25.9. The molecule has 0 aromatic carbocycles. The lowest BCUT2D eigenvalue weighted by Gasteiger charge is -2.25. The third-order valence-electron chi connectivity index (χ3n) is 6.08. The summed E-state index contributed by atoms with van der Waals surface area (Å²) in [7, 11) is 0. The van der Waals surface area contributed by atoms with Crippen LogP contribution < -0.4 is 16.5 Å². The van der Waals surface area contributed by atoms with Gasteiger partial charge in [0.1, 0.15) is 29.4 Å². The number of anilines is 2. The van der Waals surface area contributed by atoms with Crippen LogP contribution in [0.25, 0.3) is 5.70 Å². The Kier molecular flexibility index (Phi) is 5.28. The van der Waals surface area contributed by atoms with Gasteiger partial charge in [-0.3, -0.25) is 14.8 Å². The largest absolute Gasteiger partial charge is 0.453 e. The average molecular weight is 507 g/mol. The minimum Gasteiger partial charge on any atom is -0.383 e. The maximum atomic E-state index is 13.6. The molecule has 36 heavy (non-hydrogen) atoms. The van der Waals surface area contributed by atoms with Crippen molar-refractivity contribution in [1.29, 1.82) is 0 Å². The van der Waals surface area contributed by atoms with Gasteiger partial charge in [-0.15, -0.1) is 0 Å². The van der Waals surface area contributed by atoms with Crippen LogP contribution in [0.1, 0.15) is 36.8 Å². The summed E-state index contributed by atoms with van der Waals surface area (Å²) in [6, 6.07) is 5.08. The number of hydrogen-bond acceptors (Lipinski definition) is 9. The first-order chi connectivity index (χ1) is 16.9. The maximum absolute atomic E-state index is 13.6. The van der Waals surface area contributed by atoms with Gasteiger partial charge in [0.2, 0.25) is 5.91 Å². The molecular weight excluding hydrogens is 489 g/mol. The summed E-state index contributed by atoms with van der Waals surface area (Å²) in [6.07, 6.45) is -4.97. The minimum atomic E-state index is -5.69. The molecule has 5 heterocycles. The molecule has 0 bridgehead atoms. The molecule has 188 valence electrons. The Labute approximate surface area is 200 Å². The number of nitrogen functional groups attached to an aromatic ring is 1. The first kappa shape index (κ1) is 23.7. The number of carbonyl (C=O) groups excluding carboxylic acids is 1. The molecule has 4 N–H and O–H groups in total. The first-order valence-corrected chi connectivity index (χ1v) is 10.6. The monoisotopic (exact) mass is 507 g/mol. The molecule has 0 saturated heterocycles. The molecule has 10 nitrogen and oxygen atoms in total. The highest BCUT2D eigenvalue weighted by atomic mass is 19.4. The molecular formula is C21H18F5N9O. The second-order valence-electron chi connectivity index (χ2n) is 8.39. The summed E-state index contributed by atoms with van der Waals surface area (Å²) in [5, 5.41) is 4.00. The minimum absolute atomic E-state index is 0.0314. The molecule has 1 unspecified atom stereocenters. The van der Waals surface area contributed by atoms with Gasteiger partial charge in [0.15, 0.2) is 11.7 Å². The second-order valence-corrected chi connectivity index (χ2v) is 8.39. The maximum Gasteiger partial charge on any atom is 0.453 e. The van der Waals surface area contributed by atoms with Gasteiger partial charge >= 0.3 is 12.1 Å². The van der Waals surface area contributed by atoms with Gasteiger partial charge in [-0.1, -0.05) is 6.07 Å². The molecule has 1 amide bonds. The standard InChI is InChI=1S/C21H18F5N9O/c1-19(12-4-2-3-7-28-12)13-14(27)32-15(33-16(13)34-18(19)36)11-8-35-17(29-9-30-35)10(31-11)5-6-20(22,23)21(24,25)26/h2-4,7-8,30H,5-6,9H2,1H3,(H3,27,32,33,34,36). The number of rotatable bonds is 5. The molecule has 0 radical (unpaired) electrons. The van der Waals surface area contributed by atoms with Crippen molar-refractivity contribution < 1.29 is 26.7 Å². The van der Waals surface area contributed by atoms with Crippen LogP contribution in [-0.2, 0) is 10.2 Å². The van der Waals surface area contributed by atoms with Crippen molar-refractivity contribution in [2.75, 3.05) is 17.7 Å². The van der Waals surface area contributed by atoms with Crippen molar-refractivity contribution in [2.24, 2.45) is 9.98 Å². The molecule has 5 rings (SSSR count). The van der Waals surface area contributed by atoms with Crippen LogP contribution in [0.15, 0.2) is 40.6 Å². The number of carbonyl (C=O) groups is 1. The number of amides is 1. The summed E-state index contributed by atoms with van der Waals surface area (Å²) in [6.45, 7) is 1.70. The number of alkyl halides is 5. The van der Waals surface area contributed by atoms with Crippen LogP contribution in [0.5, 0.6) is 0 Å². The number of aromatic nitrogens is 3. The van der Waals surface area contributed by atoms with E-state index in [4.69, 9.17) is 5.73 Å². The number of nitrogens with two attached hydrogens (primary N) is 1. The highest BCUT2D eigenvalue weighted by Gasteiger charge is 2.57. The van der Waals surface area contributed by atoms with Crippen LogP contribution in [0.4, 0.5) is 33.6 Å². The van der Waals surface area contributed by atoms with Gasteiger partial charge in [0.05, 0.1) is 23.2 Å². The average Bonchev–Trinajstić information content (AvgIpc) is 3.40. The molecule has 0 fully saturated rings. The number of halogens is 5. The van der Waals surface area contributed by atoms with E-state index in [2.05, 4.69) is 35.7 Å². The zero-order valence-electron chi connectivity index (χ0n) is 18.6. The highest BCUT2D eigenvalue weighted by Crippen LogP contribution is 2.44. The first-order valence-electron chi connectivity index (χ1n) is 10.6. The predicted molar refractivity (Wildman–Crippen MR) is 119 cm³/mol. The van der Waals surface area contributed by atoms with E-state index >= 15 is 0 Å². The van der Waals surface area contributed by atoms with Crippen molar-refractivity contribution in [1.82, 2.24) is 25.4 Å². The third-order valence-corrected chi connectivity index (χ3v) is 6.08. The smallest absolute Gasteiger partial charge is 0.383 e. The van der Waals surface area contributed by atoms with E-state index < -0.39 is 36.3 Å². The fourth-order valence-electron chi connectivity index (χ4n) is 4.14. The number of hydrazine groups is 1. The number of nitrogens with zero attached hydrogens (tertiary/aromatic N) is 6.